The molecule has 0 aromatic heterocycles. The number of ether oxygens (including phenoxy) is 2. The number of likely N-dealkylation sites (N-methyl/N-ethyl adjacent to an activating group) is 1. The Bertz CT molecular complexity index is 911. The van der Waals surface area contributed by atoms with Crippen molar-refractivity contribution in [3.63, 3.8) is 0 Å². The molecule has 0 spiro atoms. The molecule has 0 saturated heterocycles. The lowest BCUT2D eigenvalue weighted by Crippen LogP contribution is -2.19. The summed E-state index contributed by atoms with van der Waals surface area (Å²) in [6.45, 7) is 0.229. The highest BCUT2D eigenvalue weighted by molar-refractivity contribution is 6.01. The second-order valence-corrected chi connectivity index (χ2v) is 5.45. The fourth-order valence-electron chi connectivity index (χ4n) is 2.25. The number of carbonyl (C=O) groups is 2. The van der Waals surface area contributed by atoms with Crippen LogP contribution in [0.1, 0.15) is 21.5 Å². The van der Waals surface area contributed by atoms with Gasteiger partial charge in [-0.3, -0.25) is 4.79 Å². The second kappa shape index (κ2) is 9.06. The molecular formula is C20H18N2O5. The van der Waals surface area contributed by atoms with Crippen molar-refractivity contribution < 1.29 is 24.2 Å². The van der Waals surface area contributed by atoms with E-state index in [1.54, 1.807) is 30.3 Å². The predicted octanol–water partition coefficient (Wildman–Crippen LogP) is 2.63. The monoisotopic (exact) mass is 366 g/mol. The zero-order chi connectivity index (χ0) is 19.8. The van der Waals surface area contributed by atoms with E-state index in [2.05, 4.69) is 5.32 Å². The minimum atomic E-state index is -0.985. The first-order valence-electron chi connectivity index (χ1n) is 7.95. The van der Waals surface area contributed by atoms with E-state index in [1.165, 1.54) is 32.4 Å². The van der Waals surface area contributed by atoms with Gasteiger partial charge < -0.3 is 19.9 Å². The maximum atomic E-state index is 11.6. The third-order valence-electron chi connectivity index (χ3n) is 3.69. The first-order valence-corrected chi connectivity index (χ1v) is 7.95. The van der Waals surface area contributed by atoms with Crippen molar-refractivity contribution >= 4 is 18.0 Å². The number of hydrogen-bond acceptors (Lipinski definition) is 5. The fraction of sp³-hybridized carbons (Fsp3) is 0.150. The van der Waals surface area contributed by atoms with Gasteiger partial charge in [0.05, 0.1) is 12.7 Å². The highest BCUT2D eigenvalue weighted by Crippen LogP contribution is 2.29. The van der Waals surface area contributed by atoms with Crippen LogP contribution >= 0.6 is 0 Å². The molecule has 2 aromatic rings. The van der Waals surface area contributed by atoms with Crippen molar-refractivity contribution in [1.29, 1.82) is 5.26 Å². The molecule has 1 amide bonds. The van der Waals surface area contributed by atoms with Gasteiger partial charge in [-0.05, 0) is 41.5 Å². The van der Waals surface area contributed by atoms with Gasteiger partial charge in [0.2, 0.25) is 0 Å². The summed E-state index contributed by atoms with van der Waals surface area (Å²) in [7, 11) is 2.94. The molecule has 0 radical (unpaired) electrons. The quantitative estimate of drug-likeness (QED) is 0.576. The standard InChI is InChI=1S/C20H18N2O5/c1-22-19(23)16(11-21)9-14-5-8-17(18(10-14)26-2)27-12-13-3-6-15(7-4-13)20(24)25/h3-10H,12H2,1-2H3,(H,22,23)(H,24,25)/b16-9+. The molecule has 7 nitrogen and oxygen atoms in total. The van der Waals surface area contributed by atoms with Gasteiger partial charge in [0.1, 0.15) is 18.2 Å². The maximum absolute atomic E-state index is 11.6. The van der Waals surface area contributed by atoms with E-state index in [4.69, 9.17) is 19.8 Å². The molecule has 7 heteroatoms. The normalized spacial score (nSPS) is 10.6. The topological polar surface area (TPSA) is 109 Å². The van der Waals surface area contributed by atoms with E-state index in [0.717, 1.165) is 5.56 Å². The van der Waals surface area contributed by atoms with Crippen molar-refractivity contribution in [1.82, 2.24) is 5.32 Å². The predicted molar refractivity (Wildman–Crippen MR) is 98.4 cm³/mol. The van der Waals surface area contributed by atoms with Crippen molar-refractivity contribution in [2.75, 3.05) is 14.2 Å². The number of benzene rings is 2. The Hall–Kier alpha value is -3.79. The Kier molecular flexibility index (Phi) is 6.55. The fourth-order valence-corrected chi connectivity index (χ4v) is 2.25. The molecule has 0 saturated carbocycles. The third kappa shape index (κ3) is 5.09. The van der Waals surface area contributed by atoms with Crippen LogP contribution in [-0.4, -0.2) is 31.1 Å². The first-order chi connectivity index (χ1) is 13.0. The molecule has 0 bridgehead atoms. The van der Waals surface area contributed by atoms with Crippen LogP contribution in [0.5, 0.6) is 11.5 Å². The number of hydrogen-bond donors (Lipinski definition) is 2. The second-order valence-electron chi connectivity index (χ2n) is 5.45. The van der Waals surface area contributed by atoms with Gasteiger partial charge in [-0.2, -0.15) is 5.26 Å². The van der Waals surface area contributed by atoms with E-state index < -0.39 is 11.9 Å². The van der Waals surface area contributed by atoms with Crippen LogP contribution in [0.25, 0.3) is 6.08 Å². The van der Waals surface area contributed by atoms with E-state index >= 15 is 0 Å². The SMILES string of the molecule is CNC(=O)/C(C#N)=C/c1ccc(OCc2ccc(C(=O)O)cc2)c(OC)c1. The van der Waals surface area contributed by atoms with Gasteiger partial charge in [-0.15, -0.1) is 0 Å². The van der Waals surface area contributed by atoms with Crippen molar-refractivity contribution in [2.24, 2.45) is 0 Å². The zero-order valence-corrected chi connectivity index (χ0v) is 14.9. The van der Waals surface area contributed by atoms with Crippen LogP contribution in [0, 0.1) is 11.3 Å². The average molecular weight is 366 g/mol. The Morgan fingerprint density at radius 2 is 1.89 bits per heavy atom. The number of nitriles is 1. The molecule has 0 fully saturated rings. The van der Waals surface area contributed by atoms with Gasteiger partial charge in [0, 0.05) is 7.05 Å². The Morgan fingerprint density at radius 1 is 1.19 bits per heavy atom. The highest BCUT2D eigenvalue weighted by atomic mass is 16.5. The summed E-state index contributed by atoms with van der Waals surface area (Å²) in [5.41, 5.74) is 1.60. The molecule has 0 aliphatic rings. The average Bonchev–Trinajstić information content (AvgIpc) is 2.70. The van der Waals surface area contributed by atoms with E-state index in [1.807, 2.05) is 6.07 Å². The Balaban J connectivity index is 2.16. The summed E-state index contributed by atoms with van der Waals surface area (Å²) in [6.07, 6.45) is 1.45. The van der Waals surface area contributed by atoms with E-state index in [0.29, 0.717) is 17.1 Å². The van der Waals surface area contributed by atoms with Crippen molar-refractivity contribution in [3.05, 3.63) is 64.7 Å². The molecule has 0 aliphatic carbocycles. The van der Waals surface area contributed by atoms with E-state index in [-0.39, 0.29) is 17.7 Å². The molecule has 138 valence electrons. The number of carbonyl (C=O) groups excluding carboxylic acids is 1. The van der Waals surface area contributed by atoms with Crippen LogP contribution in [0.2, 0.25) is 0 Å². The number of methoxy groups -OCH3 is 1. The summed E-state index contributed by atoms with van der Waals surface area (Å²) >= 11 is 0. The van der Waals surface area contributed by atoms with Crippen LogP contribution in [0.15, 0.2) is 48.0 Å². The smallest absolute Gasteiger partial charge is 0.335 e. The summed E-state index contributed by atoms with van der Waals surface area (Å²) in [6, 6.07) is 13.2. The van der Waals surface area contributed by atoms with Crippen LogP contribution in [0.4, 0.5) is 0 Å². The van der Waals surface area contributed by atoms with E-state index in [9.17, 15) is 9.59 Å². The summed E-state index contributed by atoms with van der Waals surface area (Å²) in [5.74, 6) is -0.529. The van der Waals surface area contributed by atoms with Gasteiger partial charge in [-0.1, -0.05) is 18.2 Å². The number of aromatic carboxylic acids is 1. The molecule has 0 atom stereocenters. The Morgan fingerprint density at radius 3 is 2.44 bits per heavy atom. The lowest BCUT2D eigenvalue weighted by atomic mass is 10.1. The lowest BCUT2D eigenvalue weighted by Gasteiger charge is -2.12. The number of nitrogens with zero attached hydrogens (tertiary/aromatic N) is 1. The molecule has 27 heavy (non-hydrogen) atoms. The lowest BCUT2D eigenvalue weighted by molar-refractivity contribution is -0.116. The molecule has 0 aliphatic heterocycles. The minimum Gasteiger partial charge on any atom is -0.493 e. The van der Waals surface area contributed by atoms with Crippen LogP contribution in [-0.2, 0) is 11.4 Å². The van der Waals surface area contributed by atoms with Crippen molar-refractivity contribution in [2.45, 2.75) is 6.61 Å². The third-order valence-corrected chi connectivity index (χ3v) is 3.69. The molecule has 0 heterocycles. The summed E-state index contributed by atoms with van der Waals surface area (Å²) in [5, 5.41) is 20.4. The van der Waals surface area contributed by atoms with Crippen LogP contribution < -0.4 is 14.8 Å². The number of carboxylic acids is 1. The molecule has 2 rings (SSSR count). The number of amides is 1. The zero-order valence-electron chi connectivity index (χ0n) is 14.9. The van der Waals surface area contributed by atoms with Gasteiger partial charge in [-0.25, -0.2) is 4.79 Å². The van der Waals surface area contributed by atoms with Crippen molar-refractivity contribution in [3.8, 4) is 17.6 Å². The molecule has 2 N–H and O–H groups in total. The first kappa shape index (κ1) is 19.5. The largest absolute Gasteiger partial charge is 0.493 e. The van der Waals surface area contributed by atoms with Gasteiger partial charge >= 0.3 is 5.97 Å². The molecule has 0 unspecified atom stereocenters. The van der Waals surface area contributed by atoms with Crippen LogP contribution in [0.3, 0.4) is 0 Å². The minimum absolute atomic E-state index is 0.0215. The molecular weight excluding hydrogens is 348 g/mol. The van der Waals surface area contributed by atoms with Gasteiger partial charge in [0.15, 0.2) is 11.5 Å². The summed E-state index contributed by atoms with van der Waals surface area (Å²) < 4.78 is 11.0. The number of carboxylic acid groups (broad SMARTS) is 1. The van der Waals surface area contributed by atoms with Gasteiger partial charge in [0.25, 0.3) is 5.91 Å². The maximum Gasteiger partial charge on any atom is 0.335 e. The highest BCUT2D eigenvalue weighted by Gasteiger charge is 2.10. The number of nitrogens with one attached hydrogen (secondary N) is 1. The Labute approximate surface area is 156 Å². The summed E-state index contributed by atoms with van der Waals surface area (Å²) in [4.78, 5) is 22.5. The number of rotatable bonds is 7. The molecule has 2 aromatic carbocycles.